The number of aromatic nitrogens is 1. The SMILES string of the molecule is Cc1cnc(N)c(C#CCC=O)c1. The lowest BCUT2D eigenvalue weighted by Gasteiger charge is -1.97. The van der Waals surface area contributed by atoms with Crippen LogP contribution < -0.4 is 5.73 Å². The van der Waals surface area contributed by atoms with Crippen LogP contribution in [0.3, 0.4) is 0 Å². The van der Waals surface area contributed by atoms with E-state index in [1.165, 1.54) is 0 Å². The summed E-state index contributed by atoms with van der Waals surface area (Å²) in [6.45, 7) is 1.91. The smallest absolute Gasteiger partial charge is 0.139 e. The number of carbonyl (C=O) groups is 1. The van der Waals surface area contributed by atoms with E-state index in [0.29, 0.717) is 11.4 Å². The molecule has 0 aliphatic heterocycles. The number of hydrogen-bond acceptors (Lipinski definition) is 3. The number of aldehydes is 1. The molecule has 0 atom stereocenters. The largest absolute Gasteiger partial charge is 0.383 e. The van der Waals surface area contributed by atoms with Gasteiger partial charge in [0.2, 0.25) is 0 Å². The van der Waals surface area contributed by atoms with Gasteiger partial charge in [-0.05, 0) is 18.6 Å². The standard InChI is InChI=1S/C10H10N2O/c1-8-6-9(4-2-3-5-13)10(11)12-7-8/h5-7H,3H2,1H3,(H2,11,12). The van der Waals surface area contributed by atoms with Gasteiger partial charge in [0.05, 0.1) is 12.0 Å². The van der Waals surface area contributed by atoms with Gasteiger partial charge in [-0.3, -0.25) is 0 Å². The molecule has 0 saturated carbocycles. The molecule has 3 nitrogen and oxygen atoms in total. The van der Waals surface area contributed by atoms with E-state index in [4.69, 9.17) is 5.73 Å². The number of pyridine rings is 1. The first-order valence-electron chi connectivity index (χ1n) is 3.88. The van der Waals surface area contributed by atoms with Crippen LogP contribution in [0.5, 0.6) is 0 Å². The second kappa shape index (κ2) is 4.27. The van der Waals surface area contributed by atoms with Gasteiger partial charge in [-0.25, -0.2) is 4.98 Å². The van der Waals surface area contributed by atoms with Crippen molar-refractivity contribution in [1.29, 1.82) is 0 Å². The van der Waals surface area contributed by atoms with Crippen molar-refractivity contribution in [1.82, 2.24) is 4.98 Å². The van der Waals surface area contributed by atoms with Crippen molar-refractivity contribution in [2.45, 2.75) is 13.3 Å². The summed E-state index contributed by atoms with van der Waals surface area (Å²) in [6, 6.07) is 1.85. The van der Waals surface area contributed by atoms with Crippen LogP contribution in [-0.4, -0.2) is 11.3 Å². The van der Waals surface area contributed by atoms with Crippen molar-refractivity contribution in [2.75, 3.05) is 5.73 Å². The number of hydrogen-bond donors (Lipinski definition) is 1. The fourth-order valence-electron chi connectivity index (χ4n) is 0.868. The van der Waals surface area contributed by atoms with Crippen LogP contribution in [0.15, 0.2) is 12.3 Å². The zero-order valence-electron chi connectivity index (χ0n) is 7.37. The minimum absolute atomic E-state index is 0.230. The lowest BCUT2D eigenvalue weighted by Crippen LogP contribution is -1.94. The number of carbonyl (C=O) groups excluding carboxylic acids is 1. The summed E-state index contributed by atoms with van der Waals surface area (Å²) in [6.07, 6.45) is 2.67. The van der Waals surface area contributed by atoms with Crippen molar-refractivity contribution in [3.63, 3.8) is 0 Å². The molecule has 0 fully saturated rings. The Kier molecular flexibility index (Phi) is 3.04. The van der Waals surface area contributed by atoms with Crippen LogP contribution in [-0.2, 0) is 4.79 Å². The molecule has 66 valence electrons. The van der Waals surface area contributed by atoms with Crippen LogP contribution in [0.25, 0.3) is 0 Å². The average Bonchev–Trinajstić information content (AvgIpc) is 2.11. The fourth-order valence-corrected chi connectivity index (χ4v) is 0.868. The van der Waals surface area contributed by atoms with E-state index < -0.39 is 0 Å². The van der Waals surface area contributed by atoms with E-state index in [-0.39, 0.29) is 6.42 Å². The number of nitrogens with two attached hydrogens (primary N) is 1. The van der Waals surface area contributed by atoms with Gasteiger partial charge in [0.15, 0.2) is 0 Å². The zero-order valence-corrected chi connectivity index (χ0v) is 7.37. The predicted octanol–water partition coefficient (Wildman–Crippen LogP) is 0.913. The lowest BCUT2D eigenvalue weighted by atomic mass is 10.2. The Morgan fingerprint density at radius 3 is 3.15 bits per heavy atom. The Balaban J connectivity index is 2.95. The molecule has 0 aliphatic rings. The second-order valence-electron chi connectivity index (χ2n) is 2.62. The molecule has 0 spiro atoms. The second-order valence-corrected chi connectivity index (χ2v) is 2.62. The minimum atomic E-state index is 0.230. The third-order valence-electron chi connectivity index (χ3n) is 1.46. The van der Waals surface area contributed by atoms with Gasteiger partial charge in [-0.2, -0.15) is 0 Å². The van der Waals surface area contributed by atoms with Crippen molar-refractivity contribution >= 4 is 12.1 Å². The molecular formula is C10H10N2O. The maximum atomic E-state index is 10.00. The van der Waals surface area contributed by atoms with Crippen molar-refractivity contribution in [3.8, 4) is 11.8 Å². The summed E-state index contributed by atoms with van der Waals surface area (Å²) in [5.74, 6) is 5.87. The first kappa shape index (κ1) is 9.27. The van der Waals surface area contributed by atoms with Gasteiger partial charge in [0, 0.05) is 6.20 Å². The molecule has 1 rings (SSSR count). The van der Waals surface area contributed by atoms with Gasteiger partial charge in [-0.15, -0.1) is 0 Å². The Morgan fingerprint density at radius 1 is 1.69 bits per heavy atom. The quantitative estimate of drug-likeness (QED) is 0.508. The van der Waals surface area contributed by atoms with Gasteiger partial charge in [-0.1, -0.05) is 11.8 Å². The average molecular weight is 174 g/mol. The van der Waals surface area contributed by atoms with Crippen LogP contribution in [0.2, 0.25) is 0 Å². The molecule has 2 N–H and O–H groups in total. The molecule has 0 saturated heterocycles. The van der Waals surface area contributed by atoms with E-state index in [2.05, 4.69) is 16.8 Å². The Morgan fingerprint density at radius 2 is 2.46 bits per heavy atom. The molecule has 0 radical (unpaired) electrons. The van der Waals surface area contributed by atoms with Gasteiger partial charge in [0.25, 0.3) is 0 Å². The van der Waals surface area contributed by atoms with Crippen molar-refractivity contribution in [3.05, 3.63) is 23.4 Å². The van der Waals surface area contributed by atoms with Gasteiger partial charge >= 0.3 is 0 Å². The van der Waals surface area contributed by atoms with E-state index in [1.54, 1.807) is 6.20 Å². The van der Waals surface area contributed by atoms with Crippen LogP contribution in [0.1, 0.15) is 17.5 Å². The van der Waals surface area contributed by atoms with Gasteiger partial charge in [0.1, 0.15) is 12.1 Å². The minimum Gasteiger partial charge on any atom is -0.383 e. The van der Waals surface area contributed by atoms with Crippen molar-refractivity contribution < 1.29 is 4.79 Å². The Labute approximate surface area is 77.0 Å². The Hall–Kier alpha value is -1.82. The molecule has 0 amide bonds. The number of nitrogen functional groups attached to an aromatic ring is 1. The van der Waals surface area contributed by atoms with Crippen molar-refractivity contribution in [2.24, 2.45) is 0 Å². The summed E-state index contributed by atoms with van der Waals surface area (Å²) in [7, 11) is 0. The van der Waals surface area contributed by atoms with E-state index in [0.717, 1.165) is 11.8 Å². The normalized spacial score (nSPS) is 8.69. The molecule has 13 heavy (non-hydrogen) atoms. The third-order valence-corrected chi connectivity index (χ3v) is 1.46. The number of rotatable bonds is 1. The van der Waals surface area contributed by atoms with E-state index in [9.17, 15) is 4.79 Å². The monoisotopic (exact) mass is 174 g/mol. The van der Waals surface area contributed by atoms with Crippen LogP contribution in [0, 0.1) is 18.8 Å². The van der Waals surface area contributed by atoms with Gasteiger partial charge < -0.3 is 10.5 Å². The predicted molar refractivity (Wildman–Crippen MR) is 50.9 cm³/mol. The highest BCUT2D eigenvalue weighted by molar-refractivity contribution is 5.57. The maximum Gasteiger partial charge on any atom is 0.139 e. The number of nitrogens with zero attached hydrogens (tertiary/aromatic N) is 1. The summed E-state index contributed by atoms with van der Waals surface area (Å²) in [5, 5.41) is 0. The fraction of sp³-hybridized carbons (Fsp3) is 0.200. The molecule has 0 aliphatic carbocycles. The summed E-state index contributed by atoms with van der Waals surface area (Å²) < 4.78 is 0. The Bertz CT molecular complexity index is 374. The molecule has 3 heteroatoms. The highest BCUT2D eigenvalue weighted by atomic mass is 16.1. The number of anilines is 1. The highest BCUT2D eigenvalue weighted by Gasteiger charge is 1.95. The first-order chi connectivity index (χ1) is 6.24. The molecule has 1 aromatic heterocycles. The lowest BCUT2D eigenvalue weighted by molar-refractivity contribution is -0.107. The molecule has 0 aromatic carbocycles. The zero-order chi connectivity index (χ0) is 9.68. The molecule has 1 heterocycles. The molecular weight excluding hydrogens is 164 g/mol. The summed E-state index contributed by atoms with van der Waals surface area (Å²) >= 11 is 0. The molecule has 1 aromatic rings. The summed E-state index contributed by atoms with van der Waals surface area (Å²) in [5.41, 5.74) is 7.26. The maximum absolute atomic E-state index is 10.00. The highest BCUT2D eigenvalue weighted by Crippen LogP contribution is 2.07. The third kappa shape index (κ3) is 2.60. The van der Waals surface area contributed by atoms with E-state index >= 15 is 0 Å². The first-order valence-corrected chi connectivity index (χ1v) is 3.88. The van der Waals surface area contributed by atoms with E-state index in [1.807, 2.05) is 13.0 Å². The topological polar surface area (TPSA) is 56.0 Å². The molecule has 0 unspecified atom stereocenters. The van der Waals surface area contributed by atoms with Crippen LogP contribution in [0.4, 0.5) is 5.82 Å². The molecule has 0 bridgehead atoms. The number of aryl methyl sites for hydroxylation is 1. The summed E-state index contributed by atoms with van der Waals surface area (Å²) in [4.78, 5) is 13.9. The van der Waals surface area contributed by atoms with Crippen LogP contribution >= 0.6 is 0 Å².